The van der Waals surface area contributed by atoms with Gasteiger partial charge in [0.2, 0.25) is 0 Å². The van der Waals surface area contributed by atoms with E-state index in [1.807, 2.05) is 19.2 Å². The largest absolute Gasteiger partial charge is 0.356 e. The predicted molar refractivity (Wildman–Crippen MR) is 119 cm³/mol. The van der Waals surface area contributed by atoms with Crippen LogP contribution in [-0.2, 0) is 5.41 Å². The molecular formula is C21H32FIN4. The van der Waals surface area contributed by atoms with Gasteiger partial charge in [-0.3, -0.25) is 9.89 Å². The lowest BCUT2D eigenvalue weighted by atomic mass is 9.95. The lowest BCUT2D eigenvalue weighted by molar-refractivity contribution is 0.242. The van der Waals surface area contributed by atoms with E-state index in [1.54, 1.807) is 12.1 Å². The molecule has 0 spiro atoms. The van der Waals surface area contributed by atoms with E-state index in [-0.39, 0.29) is 35.2 Å². The number of benzene rings is 1. The molecule has 1 aliphatic heterocycles. The van der Waals surface area contributed by atoms with Crippen molar-refractivity contribution in [1.29, 1.82) is 0 Å². The molecule has 1 saturated heterocycles. The van der Waals surface area contributed by atoms with E-state index >= 15 is 0 Å². The Kier molecular flexibility index (Phi) is 7.00. The summed E-state index contributed by atoms with van der Waals surface area (Å²) in [6.07, 6.45) is 8.76. The third kappa shape index (κ3) is 4.75. The van der Waals surface area contributed by atoms with Gasteiger partial charge in [-0.05, 0) is 43.7 Å². The van der Waals surface area contributed by atoms with Gasteiger partial charge in [0.15, 0.2) is 5.96 Å². The summed E-state index contributed by atoms with van der Waals surface area (Å²) < 4.78 is 14.2. The highest BCUT2D eigenvalue weighted by atomic mass is 127. The Balaban J connectivity index is 0.00000210. The van der Waals surface area contributed by atoms with Gasteiger partial charge < -0.3 is 10.6 Å². The van der Waals surface area contributed by atoms with Gasteiger partial charge in [-0.2, -0.15) is 0 Å². The zero-order valence-electron chi connectivity index (χ0n) is 16.2. The van der Waals surface area contributed by atoms with Crippen LogP contribution in [0.25, 0.3) is 0 Å². The van der Waals surface area contributed by atoms with E-state index in [9.17, 15) is 4.39 Å². The number of halogens is 2. The summed E-state index contributed by atoms with van der Waals surface area (Å²) in [6.45, 7) is 3.05. The first-order valence-corrected chi connectivity index (χ1v) is 10.2. The van der Waals surface area contributed by atoms with Crippen LogP contribution in [0.15, 0.2) is 29.3 Å². The molecule has 3 fully saturated rings. The highest BCUT2D eigenvalue weighted by molar-refractivity contribution is 14.0. The summed E-state index contributed by atoms with van der Waals surface area (Å²) in [5, 5.41) is 7.05. The molecule has 27 heavy (non-hydrogen) atoms. The van der Waals surface area contributed by atoms with Crippen molar-refractivity contribution in [2.24, 2.45) is 4.99 Å². The molecule has 1 aromatic carbocycles. The lowest BCUT2D eigenvalue weighted by Gasteiger charge is -2.24. The molecule has 2 aliphatic carbocycles. The van der Waals surface area contributed by atoms with Gasteiger partial charge in [0.05, 0.1) is 0 Å². The highest BCUT2D eigenvalue weighted by Gasteiger charge is 2.46. The predicted octanol–water partition coefficient (Wildman–Crippen LogP) is 3.66. The van der Waals surface area contributed by atoms with E-state index in [2.05, 4.69) is 20.5 Å². The fourth-order valence-corrected chi connectivity index (χ4v) is 4.73. The number of aliphatic imine (C=N–C) groups is 1. The molecule has 2 saturated carbocycles. The SMILES string of the molecule is CN=C(NCC1(c2ccccc2F)CC1)NC1CCN(C2CCCC2)C1.I. The number of rotatable bonds is 5. The van der Waals surface area contributed by atoms with Crippen LogP contribution in [0.4, 0.5) is 4.39 Å². The maximum Gasteiger partial charge on any atom is 0.191 e. The Morgan fingerprint density at radius 1 is 1.22 bits per heavy atom. The van der Waals surface area contributed by atoms with Gasteiger partial charge in [-0.15, -0.1) is 24.0 Å². The quantitative estimate of drug-likeness (QED) is 0.379. The van der Waals surface area contributed by atoms with Crippen LogP contribution in [0.3, 0.4) is 0 Å². The van der Waals surface area contributed by atoms with Crippen molar-refractivity contribution in [3.05, 3.63) is 35.6 Å². The molecule has 3 aliphatic rings. The van der Waals surface area contributed by atoms with Gasteiger partial charge in [0.25, 0.3) is 0 Å². The molecule has 2 N–H and O–H groups in total. The second kappa shape index (κ2) is 9.07. The van der Waals surface area contributed by atoms with Crippen molar-refractivity contribution in [2.75, 3.05) is 26.7 Å². The first kappa shape index (κ1) is 20.8. The summed E-state index contributed by atoms with van der Waals surface area (Å²) in [6, 6.07) is 8.45. The molecule has 1 unspecified atom stereocenters. The molecule has 0 amide bonds. The summed E-state index contributed by atoms with van der Waals surface area (Å²) >= 11 is 0. The van der Waals surface area contributed by atoms with Crippen LogP contribution >= 0.6 is 24.0 Å². The monoisotopic (exact) mass is 486 g/mol. The molecule has 4 rings (SSSR count). The average Bonchev–Trinajstić information content (AvgIpc) is 3.06. The number of hydrogen-bond donors (Lipinski definition) is 2. The molecule has 0 bridgehead atoms. The summed E-state index contributed by atoms with van der Waals surface area (Å²) in [5.41, 5.74) is 0.783. The summed E-state index contributed by atoms with van der Waals surface area (Å²) in [7, 11) is 1.82. The van der Waals surface area contributed by atoms with Crippen molar-refractivity contribution in [3.63, 3.8) is 0 Å². The van der Waals surface area contributed by atoms with Crippen molar-refractivity contribution >= 4 is 29.9 Å². The molecule has 1 atom stereocenters. The Labute approximate surface area is 179 Å². The van der Waals surface area contributed by atoms with E-state index < -0.39 is 0 Å². The maximum absolute atomic E-state index is 14.2. The minimum atomic E-state index is -0.0854. The lowest BCUT2D eigenvalue weighted by Crippen LogP contribution is -2.47. The zero-order valence-corrected chi connectivity index (χ0v) is 18.5. The minimum Gasteiger partial charge on any atom is -0.356 e. The Hall–Kier alpha value is -0.890. The summed E-state index contributed by atoms with van der Waals surface area (Å²) in [5.74, 6) is 0.767. The van der Waals surface area contributed by atoms with Crippen molar-refractivity contribution in [1.82, 2.24) is 15.5 Å². The number of nitrogens with one attached hydrogen (secondary N) is 2. The van der Waals surface area contributed by atoms with Crippen LogP contribution in [0.1, 0.15) is 50.5 Å². The topological polar surface area (TPSA) is 39.7 Å². The average molecular weight is 486 g/mol. The van der Waals surface area contributed by atoms with Crippen LogP contribution in [-0.4, -0.2) is 49.6 Å². The van der Waals surface area contributed by atoms with Crippen LogP contribution in [0.5, 0.6) is 0 Å². The molecule has 6 heteroatoms. The van der Waals surface area contributed by atoms with Crippen molar-refractivity contribution < 1.29 is 4.39 Å². The Bertz CT molecular complexity index is 655. The van der Waals surface area contributed by atoms with Gasteiger partial charge >= 0.3 is 0 Å². The van der Waals surface area contributed by atoms with Gasteiger partial charge in [-0.25, -0.2) is 4.39 Å². The minimum absolute atomic E-state index is 0. The van der Waals surface area contributed by atoms with Crippen molar-refractivity contribution in [2.45, 2.75) is 62.4 Å². The molecular weight excluding hydrogens is 454 g/mol. The Morgan fingerprint density at radius 2 is 1.96 bits per heavy atom. The Morgan fingerprint density at radius 3 is 2.63 bits per heavy atom. The van der Waals surface area contributed by atoms with E-state index in [1.165, 1.54) is 38.6 Å². The zero-order chi connectivity index (χ0) is 18.0. The van der Waals surface area contributed by atoms with Gasteiger partial charge in [0.1, 0.15) is 5.82 Å². The standard InChI is InChI=1S/C21H31FN4.HI/c1-23-20(25-16-10-13-26(14-16)17-6-2-3-7-17)24-15-21(11-12-21)18-8-4-5-9-19(18)22;/h4-5,8-9,16-17H,2-3,6-7,10-15H2,1H3,(H2,23,24,25);1H. The first-order chi connectivity index (χ1) is 12.7. The van der Waals surface area contributed by atoms with E-state index in [4.69, 9.17) is 0 Å². The third-order valence-corrected chi connectivity index (χ3v) is 6.52. The first-order valence-electron chi connectivity index (χ1n) is 10.2. The number of hydrogen-bond acceptors (Lipinski definition) is 2. The van der Waals surface area contributed by atoms with Crippen molar-refractivity contribution in [3.8, 4) is 0 Å². The van der Waals surface area contributed by atoms with E-state index in [0.717, 1.165) is 43.5 Å². The number of likely N-dealkylation sites (tertiary alicyclic amines) is 1. The van der Waals surface area contributed by atoms with Crippen LogP contribution < -0.4 is 10.6 Å². The summed E-state index contributed by atoms with van der Waals surface area (Å²) in [4.78, 5) is 7.06. The maximum atomic E-state index is 14.2. The van der Waals surface area contributed by atoms with Gasteiger partial charge in [0, 0.05) is 44.2 Å². The molecule has 0 radical (unpaired) electrons. The van der Waals surface area contributed by atoms with Crippen LogP contribution in [0, 0.1) is 5.82 Å². The molecule has 150 valence electrons. The van der Waals surface area contributed by atoms with Gasteiger partial charge in [-0.1, -0.05) is 31.0 Å². The highest BCUT2D eigenvalue weighted by Crippen LogP contribution is 2.48. The molecule has 1 aromatic rings. The number of guanidine groups is 1. The molecule has 1 heterocycles. The molecule has 4 nitrogen and oxygen atoms in total. The second-order valence-electron chi connectivity index (χ2n) is 8.25. The molecule has 0 aromatic heterocycles. The number of nitrogens with zero attached hydrogens (tertiary/aromatic N) is 2. The fourth-order valence-electron chi connectivity index (χ4n) is 4.73. The smallest absolute Gasteiger partial charge is 0.191 e. The fraction of sp³-hybridized carbons (Fsp3) is 0.667. The third-order valence-electron chi connectivity index (χ3n) is 6.52. The van der Waals surface area contributed by atoms with E-state index in [0.29, 0.717) is 6.04 Å². The normalized spacial score (nSPS) is 25.3. The second-order valence-corrected chi connectivity index (χ2v) is 8.25. The van der Waals surface area contributed by atoms with Crippen LogP contribution in [0.2, 0.25) is 0 Å².